The molecule has 1 aliphatic rings. The molecular weight excluding hydrogens is 606 g/mol. The van der Waals surface area contributed by atoms with Crippen LogP contribution in [0.4, 0.5) is 0 Å². The Hall–Kier alpha value is -2.75. The molecule has 0 spiro atoms. The Balaban J connectivity index is 0.000000307. The maximum atomic E-state index is 6.95. The molecule has 1 aliphatic carbocycles. The van der Waals surface area contributed by atoms with Gasteiger partial charge in [0.1, 0.15) is 9.52 Å². The molecule has 46 heavy (non-hydrogen) atoms. The molecule has 0 fully saturated rings. The Morgan fingerprint density at radius 1 is 0.565 bits per heavy atom. The van der Waals surface area contributed by atoms with Crippen LogP contribution in [-0.4, -0.2) is 16.1 Å². The van der Waals surface area contributed by atoms with Gasteiger partial charge in [0.15, 0.2) is 0 Å². The van der Waals surface area contributed by atoms with E-state index >= 15 is 0 Å². The van der Waals surface area contributed by atoms with Crippen LogP contribution in [0, 0.1) is 12.0 Å². The first-order chi connectivity index (χ1) is 22.0. The van der Waals surface area contributed by atoms with Crippen LogP contribution in [0.1, 0.15) is 86.0 Å². The number of rotatable bonds is 11. The summed E-state index contributed by atoms with van der Waals surface area (Å²) in [5.41, 5.74) is 13.7. The van der Waals surface area contributed by atoms with Crippen molar-refractivity contribution < 1.29 is 21.7 Å². The van der Waals surface area contributed by atoms with E-state index in [1.165, 1.54) is 83.2 Å². The predicted molar refractivity (Wildman–Crippen MR) is 203 cm³/mol. The molecule has 0 aromatic heterocycles. The maximum Gasteiger partial charge on any atom is 2.00 e. The van der Waals surface area contributed by atoms with Crippen molar-refractivity contribution >= 4 is 19.9 Å². The molecule has 0 amide bonds. The van der Waals surface area contributed by atoms with Gasteiger partial charge in [-0.3, -0.25) is 6.08 Å². The van der Waals surface area contributed by atoms with Gasteiger partial charge in [0.2, 0.25) is 0 Å². The molecule has 1 N–H and O–H groups in total. The molecule has 0 bridgehead atoms. The number of nitrogens with one attached hydrogen (secondary N) is 1. The van der Waals surface area contributed by atoms with Gasteiger partial charge < -0.3 is 5.73 Å². The minimum Gasteiger partial charge on any atom is -0.677 e. The average Bonchev–Trinajstić information content (AvgIpc) is 3.31. The van der Waals surface area contributed by atoms with Gasteiger partial charge in [-0.1, -0.05) is 217 Å². The smallest absolute Gasteiger partial charge is 0.677 e. The summed E-state index contributed by atoms with van der Waals surface area (Å²) in [5.74, 6) is 0.560. The van der Waals surface area contributed by atoms with Gasteiger partial charge in [-0.05, 0) is 11.1 Å². The Bertz CT molecular complexity index is 1250. The van der Waals surface area contributed by atoms with Crippen LogP contribution < -0.4 is 10.4 Å². The van der Waals surface area contributed by atoms with Crippen molar-refractivity contribution in [2.24, 2.45) is 5.92 Å². The van der Waals surface area contributed by atoms with Gasteiger partial charge in [-0.25, -0.2) is 5.57 Å². The molecule has 4 aromatic carbocycles. The summed E-state index contributed by atoms with van der Waals surface area (Å²) >= 11 is 0. The summed E-state index contributed by atoms with van der Waals surface area (Å²) in [6.07, 6.45) is 14.0. The number of hydrogen-bond donors (Lipinski definition) is 0. The number of unbranched alkanes of at least 4 members (excludes halogenated alkanes) is 7. The van der Waals surface area contributed by atoms with Gasteiger partial charge >= 0.3 is 21.7 Å². The zero-order valence-corrected chi connectivity index (χ0v) is 31.8. The first-order valence-electron chi connectivity index (χ1n) is 16.9. The van der Waals surface area contributed by atoms with Gasteiger partial charge in [0.05, 0.1) is 0 Å². The molecule has 0 heterocycles. The summed E-state index contributed by atoms with van der Waals surface area (Å²) in [6.45, 7) is 11.5. The van der Waals surface area contributed by atoms with E-state index in [0.717, 1.165) is 6.42 Å². The van der Waals surface area contributed by atoms with Crippen molar-refractivity contribution in [3.05, 3.63) is 150 Å². The number of benzene rings is 4. The molecule has 241 valence electrons. The van der Waals surface area contributed by atoms with Crippen molar-refractivity contribution in [2.45, 2.75) is 86.0 Å². The van der Waals surface area contributed by atoms with Crippen LogP contribution in [0.2, 0.25) is 0 Å². The summed E-state index contributed by atoms with van der Waals surface area (Å²) in [6, 6.07) is 42.1. The van der Waals surface area contributed by atoms with E-state index in [4.69, 9.17) is 5.73 Å². The van der Waals surface area contributed by atoms with E-state index in [1.54, 1.807) is 0 Å². The quantitative estimate of drug-likeness (QED) is 0.0867. The molecule has 1 unspecified atom stereocenters. The second-order valence-corrected chi connectivity index (χ2v) is 13.3. The zero-order chi connectivity index (χ0) is 32.5. The van der Waals surface area contributed by atoms with Crippen LogP contribution >= 0.6 is 0 Å². The Kier molecular flexibility index (Phi) is 23.6. The minimum absolute atomic E-state index is 0. The zero-order valence-electron chi connectivity index (χ0n) is 29.1. The summed E-state index contributed by atoms with van der Waals surface area (Å²) in [5, 5.41) is 2.90. The largest absolute Gasteiger partial charge is 2.00 e. The fourth-order valence-corrected chi connectivity index (χ4v) is 6.19. The molecule has 1 atom stereocenters. The Labute approximate surface area is 299 Å². The van der Waals surface area contributed by atoms with Crippen molar-refractivity contribution in [1.82, 2.24) is 0 Å². The second kappa shape index (κ2) is 26.3. The van der Waals surface area contributed by atoms with E-state index in [9.17, 15) is 0 Å². The van der Waals surface area contributed by atoms with Gasteiger partial charge in [-0.15, -0.1) is 6.92 Å². The summed E-state index contributed by atoms with van der Waals surface area (Å²) in [4.78, 5) is 0. The van der Waals surface area contributed by atoms with Crippen molar-refractivity contribution in [3.8, 4) is 11.1 Å². The molecule has 3 heteroatoms. The standard InChI is InChI=1S/C12H11Si.C12H10.C10H22N.C9H13.Ti/c1-3-7-11(8-4-1)13-12-9-5-2-6-10-12;1-3-7-11(8-4-1)12-9-5-2-6-10-12;1-2-3-4-5-6-7-8-9-10-11;1-6-5-7(2)9(4)8(6)3;/h1-10,13H;1-10H;11H,2-10H2,1H3;6H,1-4H3;/q;;2*-1;+2. The minimum atomic E-state index is 0. The van der Waals surface area contributed by atoms with E-state index in [0.29, 0.717) is 12.5 Å². The third kappa shape index (κ3) is 17.8. The first kappa shape index (κ1) is 41.3. The molecule has 0 saturated heterocycles. The van der Waals surface area contributed by atoms with Crippen molar-refractivity contribution in [1.29, 1.82) is 0 Å². The number of allylic oxidation sites excluding steroid dienone is 4. The fourth-order valence-electron chi connectivity index (χ4n) is 4.97. The second-order valence-electron chi connectivity index (χ2n) is 11.7. The van der Waals surface area contributed by atoms with Gasteiger partial charge in [-0.2, -0.15) is 17.7 Å². The normalized spacial score (nSPS) is 13.1. The third-order valence-electron chi connectivity index (χ3n) is 8.08. The first-order valence-corrected chi connectivity index (χ1v) is 18.1. The molecule has 4 aromatic rings. The van der Waals surface area contributed by atoms with E-state index in [-0.39, 0.29) is 31.2 Å². The number of hydrogen-bond acceptors (Lipinski definition) is 0. The molecule has 0 saturated carbocycles. The fraction of sp³-hybridized carbons (Fsp3) is 0.349. The molecule has 0 aliphatic heterocycles. The van der Waals surface area contributed by atoms with E-state index in [1.807, 2.05) is 12.1 Å². The van der Waals surface area contributed by atoms with Crippen molar-refractivity contribution in [3.63, 3.8) is 0 Å². The van der Waals surface area contributed by atoms with Crippen LogP contribution in [0.5, 0.6) is 0 Å². The topological polar surface area (TPSA) is 23.8 Å². The molecule has 5 rings (SSSR count). The monoisotopic (exact) mass is 662 g/mol. The van der Waals surface area contributed by atoms with Gasteiger partial charge in [0, 0.05) is 0 Å². The predicted octanol–water partition coefficient (Wildman–Crippen LogP) is 11.3. The average molecular weight is 663 g/mol. The molecule has 1 radical (unpaired) electrons. The van der Waals surface area contributed by atoms with Crippen LogP contribution in [0.3, 0.4) is 0 Å². The maximum absolute atomic E-state index is 6.95. The van der Waals surface area contributed by atoms with Crippen LogP contribution in [0.15, 0.2) is 138 Å². The van der Waals surface area contributed by atoms with Crippen LogP contribution in [-0.2, 0) is 21.7 Å². The SMILES string of the molecule is CC1=[C-]C(C)C(C)=C1C.CCCCCCCCCC[NH-].[Ti+2].c1ccc(-c2ccccc2)cc1.c1ccc([SiH]c2ccccc2)cc1. The van der Waals surface area contributed by atoms with E-state index in [2.05, 4.69) is 150 Å². The van der Waals surface area contributed by atoms with Crippen LogP contribution in [0.25, 0.3) is 16.9 Å². The van der Waals surface area contributed by atoms with Crippen molar-refractivity contribution in [2.75, 3.05) is 6.54 Å². The molecule has 1 nitrogen and oxygen atoms in total. The Morgan fingerprint density at radius 3 is 1.24 bits per heavy atom. The summed E-state index contributed by atoms with van der Waals surface area (Å²) in [7, 11) is 0.271. The van der Waals surface area contributed by atoms with Gasteiger partial charge in [0.25, 0.3) is 0 Å². The Morgan fingerprint density at radius 2 is 0.935 bits per heavy atom. The third-order valence-corrected chi connectivity index (χ3v) is 9.52. The van der Waals surface area contributed by atoms with E-state index < -0.39 is 0 Å². The summed E-state index contributed by atoms with van der Waals surface area (Å²) < 4.78 is 0. The molecular formula is C43H56NSiTi.